The second-order valence-electron chi connectivity index (χ2n) is 6.70. The van der Waals surface area contributed by atoms with Gasteiger partial charge in [-0.15, -0.1) is 0 Å². The number of benzene rings is 2. The Balaban J connectivity index is 1.55. The second kappa shape index (κ2) is 8.63. The molecule has 2 aromatic carbocycles. The molecule has 1 fully saturated rings. The van der Waals surface area contributed by atoms with Crippen LogP contribution in [0, 0.1) is 6.92 Å². The Labute approximate surface area is 196 Å². The third-order valence-electron chi connectivity index (χ3n) is 4.49. The highest BCUT2D eigenvalue weighted by atomic mass is 79.9. The van der Waals surface area contributed by atoms with Crippen LogP contribution in [-0.2, 0) is 11.3 Å². The van der Waals surface area contributed by atoms with E-state index in [9.17, 15) is 9.59 Å². The van der Waals surface area contributed by atoms with Crippen molar-refractivity contribution in [3.63, 3.8) is 0 Å². The standard InChI is InChI=1S/C22H14BrCl2NO3S/c1-12-2-5-15(16(23)8-12)19-7-4-14(29-19)10-20-21(27)26(22(28)30-20)11-13-3-6-17(24)18(25)9-13/h2-10H,11H2,1H3/b20-10-. The number of hydrogen-bond donors (Lipinski definition) is 0. The molecule has 152 valence electrons. The van der Waals surface area contributed by atoms with Crippen LogP contribution in [0.1, 0.15) is 16.9 Å². The van der Waals surface area contributed by atoms with E-state index in [1.54, 1.807) is 30.3 Å². The van der Waals surface area contributed by atoms with Crippen LogP contribution < -0.4 is 0 Å². The van der Waals surface area contributed by atoms with Crippen LogP contribution in [-0.4, -0.2) is 16.0 Å². The van der Waals surface area contributed by atoms with Gasteiger partial charge in [-0.1, -0.05) is 51.3 Å². The number of halogens is 3. The highest BCUT2D eigenvalue weighted by Gasteiger charge is 2.35. The molecule has 1 saturated heterocycles. The Bertz CT molecular complexity index is 1200. The average Bonchev–Trinajstić information content (AvgIpc) is 3.25. The molecule has 8 heteroatoms. The summed E-state index contributed by atoms with van der Waals surface area (Å²) in [6.07, 6.45) is 1.59. The normalized spacial score (nSPS) is 15.5. The minimum absolute atomic E-state index is 0.124. The predicted molar refractivity (Wildman–Crippen MR) is 125 cm³/mol. The molecule has 0 radical (unpaired) electrons. The van der Waals surface area contributed by atoms with Gasteiger partial charge in [0.25, 0.3) is 11.1 Å². The number of imide groups is 1. The van der Waals surface area contributed by atoms with E-state index in [0.29, 0.717) is 26.5 Å². The van der Waals surface area contributed by atoms with Crippen molar-refractivity contribution >= 4 is 68.1 Å². The topological polar surface area (TPSA) is 50.5 Å². The van der Waals surface area contributed by atoms with Gasteiger partial charge in [-0.2, -0.15) is 0 Å². The van der Waals surface area contributed by atoms with E-state index in [1.165, 1.54) is 4.90 Å². The van der Waals surface area contributed by atoms with Gasteiger partial charge in [-0.05, 0) is 66.2 Å². The maximum atomic E-state index is 12.8. The Morgan fingerprint density at radius 1 is 1.07 bits per heavy atom. The third-order valence-corrected chi connectivity index (χ3v) is 6.79. The molecule has 1 aliphatic rings. The highest BCUT2D eigenvalue weighted by molar-refractivity contribution is 9.10. The van der Waals surface area contributed by atoms with Gasteiger partial charge in [-0.25, -0.2) is 0 Å². The monoisotopic (exact) mass is 521 g/mol. The lowest BCUT2D eigenvalue weighted by atomic mass is 10.1. The molecule has 0 spiro atoms. The first kappa shape index (κ1) is 21.2. The number of amides is 2. The summed E-state index contributed by atoms with van der Waals surface area (Å²) >= 11 is 16.4. The van der Waals surface area contributed by atoms with Crippen molar-refractivity contribution in [1.29, 1.82) is 0 Å². The van der Waals surface area contributed by atoms with Crippen molar-refractivity contribution in [2.75, 3.05) is 0 Å². The van der Waals surface area contributed by atoms with Gasteiger partial charge < -0.3 is 4.42 Å². The molecule has 0 aliphatic carbocycles. The van der Waals surface area contributed by atoms with Gasteiger partial charge in [0.1, 0.15) is 11.5 Å². The quantitative estimate of drug-likeness (QED) is 0.331. The molecule has 1 aliphatic heterocycles. The van der Waals surface area contributed by atoms with Gasteiger partial charge in [-0.3, -0.25) is 14.5 Å². The fourth-order valence-corrected chi connectivity index (χ4v) is 4.81. The summed E-state index contributed by atoms with van der Waals surface area (Å²) in [5.41, 5.74) is 2.76. The lowest BCUT2D eigenvalue weighted by Gasteiger charge is -2.12. The zero-order valence-electron chi connectivity index (χ0n) is 15.6. The number of carbonyl (C=O) groups is 2. The number of rotatable bonds is 4. The van der Waals surface area contributed by atoms with Crippen molar-refractivity contribution in [3.8, 4) is 11.3 Å². The van der Waals surface area contributed by atoms with Gasteiger partial charge in [0.15, 0.2) is 0 Å². The van der Waals surface area contributed by atoms with Crippen molar-refractivity contribution in [2.45, 2.75) is 13.5 Å². The Hall–Kier alpha value is -1.99. The Morgan fingerprint density at radius 2 is 1.87 bits per heavy atom. The SMILES string of the molecule is Cc1ccc(-c2ccc(/C=C3\SC(=O)N(Cc4ccc(Cl)c(Cl)c4)C3=O)o2)c(Br)c1. The molecule has 0 N–H and O–H groups in total. The average molecular weight is 523 g/mol. The fraction of sp³-hybridized carbons (Fsp3) is 0.0909. The molecule has 0 unspecified atom stereocenters. The van der Waals surface area contributed by atoms with Crippen LogP contribution in [0.15, 0.2) is 62.3 Å². The summed E-state index contributed by atoms with van der Waals surface area (Å²) in [6.45, 7) is 2.13. The molecular formula is C22H14BrCl2NO3S. The van der Waals surface area contributed by atoms with E-state index in [1.807, 2.05) is 31.2 Å². The second-order valence-corrected chi connectivity index (χ2v) is 9.36. The number of nitrogens with zero attached hydrogens (tertiary/aromatic N) is 1. The molecule has 0 bridgehead atoms. The largest absolute Gasteiger partial charge is 0.457 e. The van der Waals surface area contributed by atoms with Crippen LogP contribution in [0.2, 0.25) is 10.0 Å². The Kier molecular flexibility index (Phi) is 6.11. The van der Waals surface area contributed by atoms with E-state index in [2.05, 4.69) is 15.9 Å². The molecule has 2 heterocycles. The first-order valence-electron chi connectivity index (χ1n) is 8.87. The number of hydrogen-bond acceptors (Lipinski definition) is 4. The lowest BCUT2D eigenvalue weighted by molar-refractivity contribution is -0.123. The number of furan rings is 1. The van der Waals surface area contributed by atoms with Crippen molar-refractivity contribution < 1.29 is 14.0 Å². The summed E-state index contributed by atoms with van der Waals surface area (Å²) in [7, 11) is 0. The van der Waals surface area contributed by atoms with Crippen molar-refractivity contribution in [1.82, 2.24) is 4.90 Å². The fourth-order valence-electron chi connectivity index (χ4n) is 2.98. The molecule has 0 atom stereocenters. The maximum Gasteiger partial charge on any atom is 0.293 e. The number of aryl methyl sites for hydroxylation is 1. The smallest absolute Gasteiger partial charge is 0.293 e. The molecular weight excluding hydrogens is 509 g/mol. The minimum Gasteiger partial charge on any atom is -0.457 e. The number of carbonyl (C=O) groups excluding carboxylic acids is 2. The van der Waals surface area contributed by atoms with Gasteiger partial charge >= 0.3 is 0 Å². The predicted octanol–water partition coefficient (Wildman–Crippen LogP) is 7.56. The van der Waals surface area contributed by atoms with Gasteiger partial charge in [0, 0.05) is 16.1 Å². The molecule has 3 aromatic rings. The first-order valence-corrected chi connectivity index (χ1v) is 11.2. The third kappa shape index (κ3) is 4.37. The molecule has 30 heavy (non-hydrogen) atoms. The van der Waals surface area contributed by atoms with Crippen molar-refractivity contribution in [2.24, 2.45) is 0 Å². The van der Waals surface area contributed by atoms with Crippen LogP contribution in [0.25, 0.3) is 17.4 Å². The highest BCUT2D eigenvalue weighted by Crippen LogP contribution is 2.36. The summed E-state index contributed by atoms with van der Waals surface area (Å²) in [4.78, 5) is 26.6. The summed E-state index contributed by atoms with van der Waals surface area (Å²) in [5.74, 6) is 0.797. The summed E-state index contributed by atoms with van der Waals surface area (Å²) in [5, 5.41) is 0.454. The van der Waals surface area contributed by atoms with Crippen LogP contribution in [0.4, 0.5) is 4.79 Å². The molecule has 0 saturated carbocycles. The van der Waals surface area contributed by atoms with Crippen LogP contribution in [0.5, 0.6) is 0 Å². The summed E-state index contributed by atoms with van der Waals surface area (Å²) < 4.78 is 6.81. The molecule has 4 rings (SSSR count). The van der Waals surface area contributed by atoms with E-state index < -0.39 is 0 Å². The summed E-state index contributed by atoms with van der Waals surface area (Å²) in [6, 6.07) is 14.6. The molecule has 4 nitrogen and oxygen atoms in total. The minimum atomic E-state index is -0.370. The zero-order chi connectivity index (χ0) is 21.4. The number of thioether (sulfide) groups is 1. The first-order chi connectivity index (χ1) is 14.3. The van der Waals surface area contributed by atoms with Gasteiger partial charge in [0.05, 0.1) is 21.5 Å². The van der Waals surface area contributed by atoms with E-state index in [0.717, 1.165) is 32.9 Å². The Morgan fingerprint density at radius 3 is 2.60 bits per heavy atom. The zero-order valence-corrected chi connectivity index (χ0v) is 19.5. The van der Waals surface area contributed by atoms with Gasteiger partial charge in [0.2, 0.25) is 0 Å². The van der Waals surface area contributed by atoms with Crippen molar-refractivity contribution in [3.05, 3.63) is 84.8 Å². The molecule has 2 amide bonds. The van der Waals surface area contributed by atoms with E-state index in [-0.39, 0.29) is 17.7 Å². The van der Waals surface area contributed by atoms with E-state index in [4.69, 9.17) is 27.6 Å². The van der Waals surface area contributed by atoms with Crippen LogP contribution in [0.3, 0.4) is 0 Å². The molecule has 1 aromatic heterocycles. The maximum absolute atomic E-state index is 12.8. The lowest BCUT2D eigenvalue weighted by Crippen LogP contribution is -2.27. The van der Waals surface area contributed by atoms with Crippen LogP contribution >= 0.6 is 50.9 Å². The van der Waals surface area contributed by atoms with E-state index >= 15 is 0 Å².